The number of ether oxygens (including phenoxy) is 1. The number of amides is 1. The predicted octanol–water partition coefficient (Wildman–Crippen LogP) is 4.48. The maximum absolute atomic E-state index is 13.2. The van der Waals surface area contributed by atoms with E-state index < -0.39 is 11.7 Å². The van der Waals surface area contributed by atoms with E-state index in [4.69, 9.17) is 9.72 Å². The van der Waals surface area contributed by atoms with Crippen LogP contribution < -0.4 is 15.5 Å². The maximum Gasteiger partial charge on any atom is 0.251 e. The molecular formula is C26H24FN7O2. The van der Waals surface area contributed by atoms with Gasteiger partial charge in [-0.1, -0.05) is 0 Å². The molecular weight excluding hydrogens is 461 g/mol. The Balaban J connectivity index is 1.44. The number of morpholine rings is 1. The number of rotatable bonds is 6. The molecule has 1 aliphatic rings. The molecule has 0 saturated carbocycles. The first-order valence-electron chi connectivity index (χ1n) is 11.5. The summed E-state index contributed by atoms with van der Waals surface area (Å²) >= 11 is 0. The van der Waals surface area contributed by atoms with E-state index in [9.17, 15) is 9.18 Å². The summed E-state index contributed by atoms with van der Waals surface area (Å²) in [7, 11) is 0. The van der Waals surface area contributed by atoms with Crippen molar-refractivity contribution in [3.63, 3.8) is 0 Å². The largest absolute Gasteiger partial charge is 0.378 e. The van der Waals surface area contributed by atoms with E-state index in [0.717, 1.165) is 49.1 Å². The van der Waals surface area contributed by atoms with Gasteiger partial charge in [0.25, 0.3) is 5.91 Å². The zero-order valence-corrected chi connectivity index (χ0v) is 19.6. The smallest absolute Gasteiger partial charge is 0.251 e. The van der Waals surface area contributed by atoms with E-state index in [1.54, 1.807) is 36.8 Å². The van der Waals surface area contributed by atoms with Gasteiger partial charge in [-0.25, -0.2) is 14.4 Å². The van der Waals surface area contributed by atoms with E-state index in [0.29, 0.717) is 28.5 Å². The predicted molar refractivity (Wildman–Crippen MR) is 137 cm³/mol. The van der Waals surface area contributed by atoms with Crippen molar-refractivity contribution in [2.45, 2.75) is 6.92 Å². The fraction of sp³-hybridized carbons (Fsp3) is 0.192. The van der Waals surface area contributed by atoms with E-state index in [1.165, 1.54) is 6.92 Å². The molecule has 1 saturated heterocycles. The minimum absolute atomic E-state index is 0.395. The number of hydrogen-bond acceptors (Lipinski definition) is 8. The second-order valence-electron chi connectivity index (χ2n) is 8.18. The molecule has 182 valence electrons. The van der Waals surface area contributed by atoms with Gasteiger partial charge in [-0.05, 0) is 49.4 Å². The van der Waals surface area contributed by atoms with Crippen molar-refractivity contribution < 1.29 is 13.9 Å². The molecule has 0 bridgehead atoms. The standard InChI is InChI=1S/C26H24FN7O2/c1-17(27)15-22(35)32-21-3-2-9-28-24(21)25-23-18(8-10-29-25)16-30-26(33-23)31-19-4-6-20(7-5-19)34-11-13-36-14-12-34/h2-10,15-16H,11-14H2,1H3,(H,32,35)(H,30,31,33)/b17-15-. The van der Waals surface area contributed by atoms with Crippen LogP contribution in [0, 0.1) is 0 Å². The number of hydrogen-bond donors (Lipinski definition) is 2. The van der Waals surface area contributed by atoms with Crippen LogP contribution in [0.2, 0.25) is 0 Å². The highest BCUT2D eigenvalue weighted by atomic mass is 19.1. The van der Waals surface area contributed by atoms with Crippen LogP contribution >= 0.6 is 0 Å². The topological polar surface area (TPSA) is 105 Å². The molecule has 3 aromatic heterocycles. The summed E-state index contributed by atoms with van der Waals surface area (Å²) < 4.78 is 18.6. The summed E-state index contributed by atoms with van der Waals surface area (Å²) in [6, 6.07) is 13.2. The number of allylic oxidation sites excluding steroid dienone is 1. The van der Waals surface area contributed by atoms with Crippen molar-refractivity contribution in [2.24, 2.45) is 0 Å². The zero-order chi connectivity index (χ0) is 24.9. The number of pyridine rings is 2. The lowest BCUT2D eigenvalue weighted by Crippen LogP contribution is -2.36. The van der Waals surface area contributed by atoms with Crippen LogP contribution in [0.4, 0.5) is 27.4 Å². The number of benzene rings is 1. The number of fused-ring (bicyclic) bond motifs is 1. The number of halogens is 1. The molecule has 4 heterocycles. The van der Waals surface area contributed by atoms with Crippen molar-refractivity contribution >= 4 is 39.8 Å². The summed E-state index contributed by atoms with van der Waals surface area (Å²) in [5.74, 6) is -0.793. The Morgan fingerprint density at radius 2 is 1.81 bits per heavy atom. The summed E-state index contributed by atoms with van der Waals surface area (Å²) in [5, 5.41) is 6.66. The van der Waals surface area contributed by atoms with Gasteiger partial charge in [-0.15, -0.1) is 0 Å². The van der Waals surface area contributed by atoms with Crippen LogP contribution in [-0.2, 0) is 9.53 Å². The van der Waals surface area contributed by atoms with Gasteiger partial charge in [0.2, 0.25) is 5.95 Å². The minimum Gasteiger partial charge on any atom is -0.378 e. The first-order chi connectivity index (χ1) is 17.6. The third-order valence-electron chi connectivity index (χ3n) is 5.62. The molecule has 10 heteroatoms. The van der Waals surface area contributed by atoms with Gasteiger partial charge in [0.15, 0.2) is 0 Å². The van der Waals surface area contributed by atoms with Crippen LogP contribution in [0.3, 0.4) is 0 Å². The molecule has 0 radical (unpaired) electrons. The Morgan fingerprint density at radius 1 is 1.03 bits per heavy atom. The van der Waals surface area contributed by atoms with Crippen molar-refractivity contribution in [1.82, 2.24) is 19.9 Å². The average molecular weight is 486 g/mol. The fourth-order valence-electron chi connectivity index (χ4n) is 3.94. The second kappa shape index (κ2) is 10.4. The third kappa shape index (κ3) is 5.28. The molecule has 1 amide bonds. The Morgan fingerprint density at radius 3 is 2.58 bits per heavy atom. The van der Waals surface area contributed by atoms with Gasteiger partial charge in [0.1, 0.15) is 22.7 Å². The van der Waals surface area contributed by atoms with Gasteiger partial charge in [0, 0.05) is 54.5 Å². The van der Waals surface area contributed by atoms with E-state index in [2.05, 4.69) is 42.6 Å². The highest BCUT2D eigenvalue weighted by Crippen LogP contribution is 2.30. The molecule has 36 heavy (non-hydrogen) atoms. The van der Waals surface area contributed by atoms with Gasteiger partial charge in [-0.2, -0.15) is 0 Å². The molecule has 0 atom stereocenters. The first kappa shape index (κ1) is 23.3. The minimum atomic E-state index is -0.595. The Labute approximate surface area is 207 Å². The summed E-state index contributed by atoms with van der Waals surface area (Å²) in [4.78, 5) is 32.4. The molecule has 4 aromatic rings. The lowest BCUT2D eigenvalue weighted by Gasteiger charge is -2.28. The highest BCUT2D eigenvalue weighted by Gasteiger charge is 2.16. The van der Waals surface area contributed by atoms with Gasteiger partial charge in [-0.3, -0.25) is 14.8 Å². The molecule has 1 aromatic carbocycles. The van der Waals surface area contributed by atoms with Crippen LogP contribution in [-0.4, -0.2) is 52.1 Å². The normalized spacial score (nSPS) is 14.1. The molecule has 0 aliphatic carbocycles. The number of nitrogens with zero attached hydrogens (tertiary/aromatic N) is 5. The average Bonchev–Trinajstić information content (AvgIpc) is 2.89. The zero-order valence-electron chi connectivity index (χ0n) is 19.6. The lowest BCUT2D eigenvalue weighted by molar-refractivity contribution is -0.112. The summed E-state index contributed by atoms with van der Waals surface area (Å²) in [6.45, 7) is 4.41. The third-order valence-corrected chi connectivity index (χ3v) is 5.62. The number of carbonyl (C=O) groups is 1. The van der Waals surface area contributed by atoms with Gasteiger partial charge >= 0.3 is 0 Å². The summed E-state index contributed by atoms with van der Waals surface area (Å²) in [6.07, 6.45) is 5.80. The van der Waals surface area contributed by atoms with E-state index >= 15 is 0 Å². The van der Waals surface area contributed by atoms with Crippen molar-refractivity contribution in [1.29, 1.82) is 0 Å². The number of aromatic nitrogens is 4. The maximum atomic E-state index is 13.2. The van der Waals surface area contributed by atoms with Crippen LogP contribution in [0.1, 0.15) is 6.92 Å². The second-order valence-corrected chi connectivity index (χ2v) is 8.18. The van der Waals surface area contributed by atoms with Crippen molar-refractivity contribution in [3.05, 3.63) is 73.0 Å². The lowest BCUT2D eigenvalue weighted by atomic mass is 10.1. The van der Waals surface area contributed by atoms with Crippen LogP contribution in [0.15, 0.2) is 73.0 Å². The summed E-state index contributed by atoms with van der Waals surface area (Å²) in [5.41, 5.74) is 3.82. The van der Waals surface area contributed by atoms with Crippen LogP contribution in [0.5, 0.6) is 0 Å². The molecule has 1 fully saturated rings. The Hall–Kier alpha value is -4.44. The van der Waals surface area contributed by atoms with Crippen LogP contribution in [0.25, 0.3) is 22.3 Å². The molecule has 5 rings (SSSR count). The Bertz CT molecular complexity index is 1420. The molecule has 9 nitrogen and oxygen atoms in total. The van der Waals surface area contributed by atoms with E-state index in [1.807, 2.05) is 12.1 Å². The van der Waals surface area contributed by atoms with Gasteiger partial charge < -0.3 is 20.3 Å². The SMILES string of the molecule is C/C(F)=C/C(=O)Nc1cccnc1-c1nccc2cnc(Nc3ccc(N4CCOCC4)cc3)nc12. The first-order valence-corrected chi connectivity index (χ1v) is 11.5. The number of nitrogens with one attached hydrogen (secondary N) is 2. The molecule has 0 unspecified atom stereocenters. The number of anilines is 4. The molecule has 1 aliphatic heterocycles. The monoisotopic (exact) mass is 485 g/mol. The van der Waals surface area contributed by atoms with Crippen molar-refractivity contribution in [2.75, 3.05) is 41.8 Å². The number of carbonyl (C=O) groups excluding carboxylic acids is 1. The van der Waals surface area contributed by atoms with Crippen molar-refractivity contribution in [3.8, 4) is 11.4 Å². The molecule has 0 spiro atoms. The fourth-order valence-corrected chi connectivity index (χ4v) is 3.94. The quantitative estimate of drug-likeness (QED) is 0.385. The van der Waals surface area contributed by atoms with Gasteiger partial charge in [0.05, 0.1) is 18.9 Å². The molecule has 2 N–H and O–H groups in total. The Kier molecular flexibility index (Phi) is 6.76. The van der Waals surface area contributed by atoms with E-state index in [-0.39, 0.29) is 0 Å². The highest BCUT2D eigenvalue weighted by molar-refractivity contribution is 6.03.